The van der Waals surface area contributed by atoms with Gasteiger partial charge in [0.2, 0.25) is 5.91 Å². The lowest BCUT2D eigenvalue weighted by atomic mass is 10.0. The van der Waals surface area contributed by atoms with Crippen molar-refractivity contribution in [3.8, 4) is 0 Å². The molecule has 0 atom stereocenters. The number of H-pyrrole nitrogens is 2. The van der Waals surface area contributed by atoms with Crippen molar-refractivity contribution in [2.24, 2.45) is 0 Å². The number of aromatic nitrogens is 3. The van der Waals surface area contributed by atoms with Gasteiger partial charge in [0.25, 0.3) is 5.56 Å². The van der Waals surface area contributed by atoms with Crippen LogP contribution in [0.1, 0.15) is 25.3 Å². The number of aromatic amines is 2. The molecule has 1 aromatic carbocycles. The highest BCUT2D eigenvalue weighted by atomic mass is 32.2. The Labute approximate surface area is 130 Å². The number of nitrogens with one attached hydrogen (secondary N) is 3. The zero-order chi connectivity index (χ0) is 16.1. The van der Waals surface area contributed by atoms with E-state index in [9.17, 15) is 14.4 Å². The summed E-state index contributed by atoms with van der Waals surface area (Å²) in [6, 6.07) is 7.57. The van der Waals surface area contributed by atoms with Gasteiger partial charge in [-0.15, -0.1) is 0 Å². The quantitative estimate of drug-likeness (QED) is 0.720. The molecule has 8 heteroatoms. The molecule has 0 aliphatic heterocycles. The Kier molecular flexibility index (Phi) is 5.16. The number of hydrogen-bond donors (Lipinski definition) is 3. The van der Waals surface area contributed by atoms with Crippen molar-refractivity contribution >= 4 is 23.4 Å². The number of anilines is 1. The molecular weight excluding hydrogens is 304 g/mol. The second-order valence-corrected chi connectivity index (χ2v) is 5.85. The number of carbonyl (C=O) groups excluding carboxylic acids is 1. The van der Waals surface area contributed by atoms with Crippen LogP contribution in [-0.4, -0.2) is 26.8 Å². The van der Waals surface area contributed by atoms with E-state index >= 15 is 0 Å². The van der Waals surface area contributed by atoms with E-state index in [-0.39, 0.29) is 22.6 Å². The Hall–Kier alpha value is -2.35. The minimum Gasteiger partial charge on any atom is -0.325 e. The van der Waals surface area contributed by atoms with Crippen molar-refractivity contribution in [1.29, 1.82) is 0 Å². The van der Waals surface area contributed by atoms with E-state index in [1.54, 1.807) is 0 Å². The summed E-state index contributed by atoms with van der Waals surface area (Å²) in [7, 11) is 0. The zero-order valence-electron chi connectivity index (χ0n) is 12.2. The lowest BCUT2D eigenvalue weighted by Gasteiger charge is -2.13. The summed E-state index contributed by atoms with van der Waals surface area (Å²) in [5.41, 5.74) is 0.515. The van der Waals surface area contributed by atoms with Gasteiger partial charge in [0, 0.05) is 5.69 Å². The molecule has 1 heterocycles. The summed E-state index contributed by atoms with van der Waals surface area (Å²) < 4.78 is 0. The first-order chi connectivity index (χ1) is 10.5. The van der Waals surface area contributed by atoms with Crippen LogP contribution >= 0.6 is 11.8 Å². The molecule has 7 nitrogen and oxygen atoms in total. The molecule has 0 aliphatic carbocycles. The SMILES string of the molecule is CC(C)c1ccccc1NC(=O)CSc1n[nH]c(=O)[nH]c1=O. The van der Waals surface area contributed by atoms with E-state index in [4.69, 9.17) is 0 Å². The van der Waals surface area contributed by atoms with Crippen LogP contribution in [-0.2, 0) is 4.79 Å². The summed E-state index contributed by atoms with van der Waals surface area (Å²) >= 11 is 0.960. The van der Waals surface area contributed by atoms with Crippen LogP contribution in [0.25, 0.3) is 0 Å². The topological polar surface area (TPSA) is 108 Å². The lowest BCUT2D eigenvalue weighted by molar-refractivity contribution is -0.113. The third-order valence-electron chi connectivity index (χ3n) is 2.88. The van der Waals surface area contributed by atoms with Crippen LogP contribution in [0.2, 0.25) is 0 Å². The summed E-state index contributed by atoms with van der Waals surface area (Å²) in [6.07, 6.45) is 0. The maximum atomic E-state index is 12.0. The van der Waals surface area contributed by atoms with Crippen LogP contribution < -0.4 is 16.6 Å². The molecule has 1 amide bonds. The summed E-state index contributed by atoms with van der Waals surface area (Å²) in [5.74, 6) is 0.0625. The fraction of sp³-hybridized carbons (Fsp3) is 0.286. The predicted molar refractivity (Wildman–Crippen MR) is 85.4 cm³/mol. The highest BCUT2D eigenvalue weighted by molar-refractivity contribution is 7.99. The van der Waals surface area contributed by atoms with Crippen molar-refractivity contribution in [1.82, 2.24) is 15.2 Å². The van der Waals surface area contributed by atoms with E-state index in [1.807, 2.05) is 38.1 Å². The van der Waals surface area contributed by atoms with Crippen LogP contribution in [0.4, 0.5) is 5.69 Å². The van der Waals surface area contributed by atoms with Gasteiger partial charge in [-0.05, 0) is 17.5 Å². The van der Waals surface area contributed by atoms with Crippen molar-refractivity contribution in [2.45, 2.75) is 24.8 Å². The maximum Gasteiger partial charge on any atom is 0.342 e. The van der Waals surface area contributed by atoms with Gasteiger partial charge in [-0.25, -0.2) is 9.89 Å². The van der Waals surface area contributed by atoms with Gasteiger partial charge in [0.1, 0.15) is 0 Å². The van der Waals surface area contributed by atoms with Gasteiger partial charge >= 0.3 is 5.69 Å². The number of thioether (sulfide) groups is 1. The molecule has 2 aromatic rings. The molecule has 3 N–H and O–H groups in total. The minimum atomic E-state index is -0.676. The van der Waals surface area contributed by atoms with E-state index in [2.05, 4.69) is 20.5 Å². The zero-order valence-corrected chi connectivity index (χ0v) is 13.0. The largest absolute Gasteiger partial charge is 0.342 e. The molecule has 0 unspecified atom stereocenters. The van der Waals surface area contributed by atoms with Gasteiger partial charge in [-0.3, -0.25) is 14.6 Å². The van der Waals surface area contributed by atoms with Crippen LogP contribution in [0.5, 0.6) is 0 Å². The van der Waals surface area contributed by atoms with Gasteiger partial charge in [-0.2, -0.15) is 5.10 Å². The second-order valence-electron chi connectivity index (χ2n) is 4.89. The predicted octanol–water partition coefficient (Wildman–Crippen LogP) is 1.31. The van der Waals surface area contributed by atoms with Crippen molar-refractivity contribution in [2.75, 3.05) is 11.1 Å². The number of hydrogen-bond acceptors (Lipinski definition) is 5. The molecule has 0 aliphatic rings. The van der Waals surface area contributed by atoms with Crippen molar-refractivity contribution in [3.63, 3.8) is 0 Å². The average Bonchev–Trinajstić information content (AvgIpc) is 2.46. The molecule has 0 radical (unpaired) electrons. The Morgan fingerprint density at radius 1 is 1.32 bits per heavy atom. The highest BCUT2D eigenvalue weighted by Crippen LogP contribution is 2.23. The van der Waals surface area contributed by atoms with Gasteiger partial charge < -0.3 is 5.32 Å². The third-order valence-corrected chi connectivity index (χ3v) is 3.83. The fourth-order valence-corrected chi connectivity index (χ4v) is 2.50. The molecule has 0 fully saturated rings. The Bertz CT molecular complexity index is 782. The monoisotopic (exact) mass is 320 g/mol. The average molecular weight is 320 g/mol. The van der Waals surface area contributed by atoms with Crippen molar-refractivity contribution < 1.29 is 4.79 Å². The molecule has 0 saturated heterocycles. The standard InChI is InChI=1S/C14H16N4O3S/c1-8(2)9-5-3-4-6-10(9)15-11(19)7-22-13-12(20)16-14(21)18-17-13/h3-6,8H,7H2,1-2H3,(H,15,19)(H2,16,18,20,21). The Balaban J connectivity index is 2.02. The Morgan fingerprint density at radius 2 is 2.05 bits per heavy atom. The molecule has 0 saturated carbocycles. The smallest absolute Gasteiger partial charge is 0.325 e. The van der Waals surface area contributed by atoms with E-state index in [0.717, 1.165) is 23.0 Å². The maximum absolute atomic E-state index is 12.0. The second kappa shape index (κ2) is 7.08. The van der Waals surface area contributed by atoms with Gasteiger partial charge in [0.05, 0.1) is 5.75 Å². The first kappa shape index (κ1) is 16.0. The first-order valence-corrected chi connectivity index (χ1v) is 7.66. The molecule has 0 bridgehead atoms. The normalized spacial score (nSPS) is 10.7. The van der Waals surface area contributed by atoms with Crippen LogP contribution in [0.3, 0.4) is 0 Å². The van der Waals surface area contributed by atoms with Crippen molar-refractivity contribution in [3.05, 3.63) is 50.7 Å². The summed E-state index contributed by atoms with van der Waals surface area (Å²) in [6.45, 7) is 4.09. The number of para-hydroxylation sites is 1. The molecule has 116 valence electrons. The van der Waals surface area contributed by atoms with Crippen LogP contribution in [0.15, 0.2) is 38.9 Å². The molecule has 22 heavy (non-hydrogen) atoms. The van der Waals surface area contributed by atoms with E-state index in [1.165, 1.54) is 0 Å². The van der Waals surface area contributed by atoms with Gasteiger partial charge in [-0.1, -0.05) is 43.8 Å². The minimum absolute atomic E-state index is 0.0224. The molecule has 2 rings (SSSR count). The number of amides is 1. The van der Waals surface area contributed by atoms with E-state index in [0.29, 0.717) is 0 Å². The molecule has 1 aromatic heterocycles. The third kappa shape index (κ3) is 4.08. The first-order valence-electron chi connectivity index (χ1n) is 6.68. The number of rotatable bonds is 5. The summed E-state index contributed by atoms with van der Waals surface area (Å²) in [4.78, 5) is 36.4. The van der Waals surface area contributed by atoms with Gasteiger partial charge in [0.15, 0.2) is 5.03 Å². The highest BCUT2D eigenvalue weighted by Gasteiger charge is 2.11. The lowest BCUT2D eigenvalue weighted by Crippen LogP contribution is -2.25. The summed E-state index contributed by atoms with van der Waals surface area (Å²) in [5, 5.41) is 8.60. The molecule has 0 spiro atoms. The number of carbonyl (C=O) groups is 1. The Morgan fingerprint density at radius 3 is 2.73 bits per heavy atom. The fourth-order valence-electron chi connectivity index (χ4n) is 1.87. The number of benzene rings is 1. The van der Waals surface area contributed by atoms with Crippen LogP contribution in [0, 0.1) is 0 Å². The van der Waals surface area contributed by atoms with E-state index < -0.39 is 11.2 Å². The number of nitrogens with zero attached hydrogens (tertiary/aromatic N) is 1. The molecular formula is C14H16N4O3S.